The summed E-state index contributed by atoms with van der Waals surface area (Å²) in [6.07, 6.45) is 2.60. The Morgan fingerprint density at radius 1 is 1.11 bits per heavy atom. The molecule has 1 atom stereocenters. The van der Waals surface area contributed by atoms with Crippen molar-refractivity contribution in [1.29, 1.82) is 0 Å². The first-order valence-electron chi connectivity index (χ1n) is 6.52. The number of hydrogen-bond donors (Lipinski definition) is 1. The highest BCUT2D eigenvalue weighted by Crippen LogP contribution is 2.19. The van der Waals surface area contributed by atoms with Crippen LogP contribution in [0.25, 0.3) is 0 Å². The van der Waals surface area contributed by atoms with E-state index in [1.165, 1.54) is 11.1 Å². The molecule has 2 rings (SSSR count). The van der Waals surface area contributed by atoms with Crippen LogP contribution < -0.4 is 5.73 Å². The molecule has 19 heavy (non-hydrogen) atoms. The van der Waals surface area contributed by atoms with E-state index in [9.17, 15) is 0 Å². The third kappa shape index (κ3) is 3.88. The average Bonchev–Trinajstić information content (AvgIpc) is 2.40. The van der Waals surface area contributed by atoms with Gasteiger partial charge in [0.15, 0.2) is 0 Å². The number of nitrogens with two attached hydrogens (primary N) is 1. The van der Waals surface area contributed by atoms with E-state index in [1.54, 1.807) is 6.20 Å². The summed E-state index contributed by atoms with van der Waals surface area (Å²) in [5.74, 6) is 0.566. The van der Waals surface area contributed by atoms with Crippen LogP contribution in [0.15, 0.2) is 47.1 Å². The molecule has 3 heteroatoms. The van der Waals surface area contributed by atoms with E-state index in [1.807, 2.05) is 12.1 Å². The molecule has 0 saturated carbocycles. The Morgan fingerprint density at radius 2 is 1.79 bits per heavy atom. The Kier molecular flexibility index (Phi) is 4.72. The molecule has 2 N–H and O–H groups in total. The number of aromatic nitrogens is 1. The first kappa shape index (κ1) is 14.2. The van der Waals surface area contributed by atoms with Crippen molar-refractivity contribution in [3.8, 4) is 0 Å². The highest BCUT2D eigenvalue weighted by atomic mass is 79.9. The van der Waals surface area contributed by atoms with Crippen molar-refractivity contribution >= 4 is 15.9 Å². The molecule has 0 radical (unpaired) electrons. The highest BCUT2D eigenvalue weighted by Gasteiger charge is 2.09. The number of hydrogen-bond acceptors (Lipinski definition) is 2. The van der Waals surface area contributed by atoms with Gasteiger partial charge in [0, 0.05) is 10.7 Å². The van der Waals surface area contributed by atoms with Crippen LogP contribution >= 0.6 is 15.9 Å². The Balaban J connectivity index is 2.06. The molecule has 1 heterocycles. The van der Waals surface area contributed by atoms with Crippen LogP contribution in [0.5, 0.6) is 0 Å². The van der Waals surface area contributed by atoms with Gasteiger partial charge in [-0.2, -0.15) is 0 Å². The van der Waals surface area contributed by atoms with E-state index < -0.39 is 0 Å². The van der Waals surface area contributed by atoms with Crippen LogP contribution in [0.1, 0.15) is 42.6 Å². The normalized spacial score (nSPS) is 12.7. The highest BCUT2D eigenvalue weighted by molar-refractivity contribution is 9.10. The third-order valence-corrected chi connectivity index (χ3v) is 3.70. The lowest BCUT2D eigenvalue weighted by atomic mass is 9.98. The third-order valence-electron chi connectivity index (χ3n) is 3.23. The fraction of sp³-hybridized carbons (Fsp3) is 0.312. The van der Waals surface area contributed by atoms with Crippen LogP contribution in [0.4, 0.5) is 0 Å². The SMILES string of the molecule is CC(C)c1ccc(CC(N)c2ccc(Br)cn2)cc1. The molecule has 0 spiro atoms. The Hall–Kier alpha value is -1.19. The molecule has 2 nitrogen and oxygen atoms in total. The molecule has 0 aliphatic carbocycles. The van der Waals surface area contributed by atoms with Crippen molar-refractivity contribution in [2.24, 2.45) is 5.73 Å². The van der Waals surface area contributed by atoms with Gasteiger partial charge >= 0.3 is 0 Å². The van der Waals surface area contributed by atoms with E-state index in [0.29, 0.717) is 5.92 Å². The summed E-state index contributed by atoms with van der Waals surface area (Å²) in [6.45, 7) is 4.40. The summed E-state index contributed by atoms with van der Waals surface area (Å²) in [7, 11) is 0. The van der Waals surface area contributed by atoms with Crippen LogP contribution in [-0.2, 0) is 6.42 Å². The maximum absolute atomic E-state index is 6.20. The molecule has 0 saturated heterocycles. The van der Waals surface area contributed by atoms with Crippen molar-refractivity contribution < 1.29 is 0 Å². The van der Waals surface area contributed by atoms with E-state index in [0.717, 1.165) is 16.6 Å². The van der Waals surface area contributed by atoms with Gasteiger partial charge < -0.3 is 5.73 Å². The van der Waals surface area contributed by atoms with Gasteiger partial charge in [-0.1, -0.05) is 38.1 Å². The van der Waals surface area contributed by atoms with Gasteiger partial charge in [0.05, 0.1) is 11.7 Å². The summed E-state index contributed by atoms with van der Waals surface area (Å²) < 4.78 is 0.977. The van der Waals surface area contributed by atoms with Gasteiger partial charge in [0.1, 0.15) is 0 Å². The molecule has 0 aliphatic rings. The van der Waals surface area contributed by atoms with Crippen molar-refractivity contribution in [3.05, 3.63) is 63.9 Å². The predicted octanol–water partition coefficient (Wildman–Crippen LogP) is 4.21. The zero-order chi connectivity index (χ0) is 13.8. The van der Waals surface area contributed by atoms with Gasteiger partial charge in [-0.3, -0.25) is 4.98 Å². The predicted molar refractivity (Wildman–Crippen MR) is 83.1 cm³/mol. The molecule has 0 fully saturated rings. The number of nitrogens with zero attached hydrogens (tertiary/aromatic N) is 1. The van der Waals surface area contributed by atoms with Crippen LogP contribution in [-0.4, -0.2) is 4.98 Å². The zero-order valence-electron chi connectivity index (χ0n) is 11.3. The lowest BCUT2D eigenvalue weighted by Crippen LogP contribution is -2.14. The average molecular weight is 319 g/mol. The smallest absolute Gasteiger partial charge is 0.0575 e. The van der Waals surface area contributed by atoms with Crippen LogP contribution in [0.2, 0.25) is 0 Å². The molecule has 2 aromatic rings. The molecule has 0 amide bonds. The Morgan fingerprint density at radius 3 is 2.32 bits per heavy atom. The van der Waals surface area contributed by atoms with Crippen LogP contribution in [0.3, 0.4) is 0 Å². The fourth-order valence-corrected chi connectivity index (χ4v) is 2.24. The van der Waals surface area contributed by atoms with Gasteiger partial charge in [0.25, 0.3) is 0 Å². The fourth-order valence-electron chi connectivity index (χ4n) is 2.00. The Bertz CT molecular complexity index is 517. The second kappa shape index (κ2) is 6.31. The quantitative estimate of drug-likeness (QED) is 0.917. The first-order valence-corrected chi connectivity index (χ1v) is 7.31. The van der Waals surface area contributed by atoms with E-state index in [4.69, 9.17) is 5.73 Å². The van der Waals surface area contributed by atoms with Gasteiger partial charge in [0.2, 0.25) is 0 Å². The van der Waals surface area contributed by atoms with Gasteiger partial charge in [-0.05, 0) is 51.5 Å². The van der Waals surface area contributed by atoms with Gasteiger partial charge in [-0.25, -0.2) is 0 Å². The van der Waals surface area contributed by atoms with Crippen molar-refractivity contribution in [1.82, 2.24) is 4.98 Å². The summed E-state index contributed by atoms with van der Waals surface area (Å²) in [5.41, 5.74) is 9.74. The van der Waals surface area contributed by atoms with Gasteiger partial charge in [-0.15, -0.1) is 0 Å². The summed E-state index contributed by atoms with van der Waals surface area (Å²) in [5, 5.41) is 0. The minimum absolute atomic E-state index is 0.0574. The van der Waals surface area contributed by atoms with Crippen molar-refractivity contribution in [2.75, 3.05) is 0 Å². The minimum atomic E-state index is -0.0574. The lowest BCUT2D eigenvalue weighted by Gasteiger charge is -2.12. The number of pyridine rings is 1. The number of rotatable bonds is 4. The molecular weight excluding hydrogens is 300 g/mol. The van der Waals surface area contributed by atoms with Crippen molar-refractivity contribution in [2.45, 2.75) is 32.2 Å². The summed E-state index contributed by atoms with van der Waals surface area (Å²) >= 11 is 3.38. The monoisotopic (exact) mass is 318 g/mol. The summed E-state index contributed by atoms with van der Waals surface area (Å²) in [4.78, 5) is 4.35. The largest absolute Gasteiger partial charge is 0.322 e. The van der Waals surface area contributed by atoms with Crippen molar-refractivity contribution in [3.63, 3.8) is 0 Å². The summed E-state index contributed by atoms with van der Waals surface area (Å²) in [6, 6.07) is 12.6. The maximum Gasteiger partial charge on any atom is 0.0575 e. The van der Waals surface area contributed by atoms with Crippen LogP contribution in [0, 0.1) is 0 Å². The van der Waals surface area contributed by atoms with E-state index >= 15 is 0 Å². The first-order chi connectivity index (χ1) is 9.06. The molecule has 1 unspecified atom stereocenters. The molecule has 100 valence electrons. The van der Waals surface area contributed by atoms with E-state index in [2.05, 4.69) is 59.0 Å². The molecule has 0 bridgehead atoms. The second-order valence-corrected chi connectivity index (χ2v) is 6.02. The number of halogens is 1. The topological polar surface area (TPSA) is 38.9 Å². The van der Waals surface area contributed by atoms with E-state index in [-0.39, 0.29) is 6.04 Å². The Labute approximate surface area is 123 Å². The minimum Gasteiger partial charge on any atom is -0.322 e. The maximum atomic E-state index is 6.20. The molecular formula is C16H19BrN2. The number of benzene rings is 1. The molecule has 0 aliphatic heterocycles. The second-order valence-electron chi connectivity index (χ2n) is 5.11. The zero-order valence-corrected chi connectivity index (χ0v) is 12.9. The molecule has 1 aromatic carbocycles. The molecule has 1 aromatic heterocycles. The lowest BCUT2D eigenvalue weighted by molar-refractivity contribution is 0.695. The standard InChI is InChI=1S/C16H19BrN2/c1-11(2)13-5-3-12(4-6-13)9-15(18)16-8-7-14(17)10-19-16/h3-8,10-11,15H,9,18H2,1-2H3.